The Morgan fingerprint density at radius 3 is 2.21 bits per heavy atom. The van der Waals surface area contributed by atoms with E-state index in [0.29, 0.717) is 16.8 Å². The Morgan fingerprint density at radius 1 is 1.36 bits per heavy atom. The van der Waals surface area contributed by atoms with Crippen molar-refractivity contribution < 1.29 is 9.47 Å². The summed E-state index contributed by atoms with van der Waals surface area (Å²) < 4.78 is 10.4. The monoisotopic (exact) mass is 257 g/mol. The van der Waals surface area contributed by atoms with Crippen molar-refractivity contribution in [2.75, 3.05) is 19.5 Å². The second-order valence-corrected chi connectivity index (χ2v) is 3.22. The summed E-state index contributed by atoms with van der Waals surface area (Å²) in [7, 11) is 3.20. The Balaban J connectivity index is 3.25. The fraction of sp³-hybridized carbons (Fsp3) is 0.300. The summed E-state index contributed by atoms with van der Waals surface area (Å²) in [5.41, 5.74) is 1.77. The lowest BCUT2D eigenvalue weighted by Gasteiger charge is -2.12. The molecule has 76 valence electrons. The molecule has 0 radical (unpaired) electrons. The summed E-state index contributed by atoms with van der Waals surface area (Å²) in [5.74, 6) is 1.35. The maximum atomic E-state index is 5.19. The molecule has 0 aliphatic heterocycles. The molecular formula is C10H12BrNO2. The summed E-state index contributed by atoms with van der Waals surface area (Å²) in [5, 5.41) is 0.670. The van der Waals surface area contributed by atoms with Gasteiger partial charge in [-0.2, -0.15) is 0 Å². The predicted molar refractivity (Wildman–Crippen MR) is 60.2 cm³/mol. The number of allylic oxidation sites excluding steroid dienone is 1. The van der Waals surface area contributed by atoms with Gasteiger partial charge in [-0.25, -0.2) is 0 Å². The fourth-order valence-corrected chi connectivity index (χ4v) is 1.43. The van der Waals surface area contributed by atoms with Crippen molar-refractivity contribution >= 4 is 21.5 Å². The number of alkyl halides is 1. The number of rotatable bonds is 4. The van der Waals surface area contributed by atoms with Crippen LogP contribution in [0.25, 0.3) is 5.57 Å². The van der Waals surface area contributed by atoms with Gasteiger partial charge in [-0.1, -0.05) is 22.5 Å². The molecule has 0 unspecified atom stereocenters. The molecule has 1 rings (SSSR count). The van der Waals surface area contributed by atoms with Crippen LogP contribution in [-0.4, -0.2) is 24.5 Å². The predicted octanol–water partition coefficient (Wildman–Crippen LogP) is 2.51. The van der Waals surface area contributed by atoms with E-state index in [2.05, 4.69) is 27.5 Å². The van der Waals surface area contributed by atoms with Crippen LogP contribution in [0.4, 0.5) is 0 Å². The van der Waals surface area contributed by atoms with Gasteiger partial charge in [0.1, 0.15) is 11.5 Å². The summed E-state index contributed by atoms with van der Waals surface area (Å²) in [6.07, 6.45) is 3.29. The molecule has 0 saturated carbocycles. The van der Waals surface area contributed by atoms with Gasteiger partial charge in [-0.15, -0.1) is 0 Å². The largest absolute Gasteiger partial charge is 0.494 e. The highest BCUT2D eigenvalue weighted by Crippen LogP contribution is 2.33. The van der Waals surface area contributed by atoms with Crippen molar-refractivity contribution in [2.24, 2.45) is 0 Å². The molecule has 1 aromatic rings. The summed E-state index contributed by atoms with van der Waals surface area (Å²) >= 11 is 3.35. The van der Waals surface area contributed by atoms with Crippen LogP contribution in [0.2, 0.25) is 0 Å². The minimum absolute atomic E-state index is 0.670. The normalized spacial score (nSPS) is 9.64. The maximum Gasteiger partial charge on any atom is 0.148 e. The standard InChI is InChI=1S/C10H12BrNO2/c1-7(4-11)10-8(13-2)5-12-6-9(10)14-3/h5-6H,1,4H2,2-3H3. The third kappa shape index (κ3) is 2.07. The summed E-state index contributed by atoms with van der Waals surface area (Å²) in [6, 6.07) is 0. The van der Waals surface area contributed by atoms with Gasteiger partial charge < -0.3 is 9.47 Å². The topological polar surface area (TPSA) is 31.4 Å². The Labute approximate surface area is 91.9 Å². The first-order valence-corrected chi connectivity index (χ1v) is 5.16. The molecule has 0 aliphatic rings. The van der Waals surface area contributed by atoms with E-state index in [-0.39, 0.29) is 0 Å². The molecule has 0 bridgehead atoms. The first-order chi connectivity index (χ1) is 6.74. The zero-order valence-corrected chi connectivity index (χ0v) is 9.80. The van der Waals surface area contributed by atoms with Crippen LogP contribution in [0, 0.1) is 0 Å². The number of halogens is 1. The quantitative estimate of drug-likeness (QED) is 0.777. The summed E-state index contributed by atoms with van der Waals surface area (Å²) in [6.45, 7) is 3.93. The van der Waals surface area contributed by atoms with Crippen molar-refractivity contribution in [3.8, 4) is 11.5 Å². The van der Waals surface area contributed by atoms with Gasteiger partial charge in [-0.3, -0.25) is 4.98 Å². The average Bonchev–Trinajstić information content (AvgIpc) is 2.26. The highest BCUT2D eigenvalue weighted by Gasteiger charge is 2.12. The van der Waals surface area contributed by atoms with Gasteiger partial charge in [0.25, 0.3) is 0 Å². The van der Waals surface area contributed by atoms with Crippen molar-refractivity contribution in [3.63, 3.8) is 0 Å². The van der Waals surface area contributed by atoms with E-state index in [9.17, 15) is 0 Å². The van der Waals surface area contributed by atoms with Crippen LogP contribution in [0.15, 0.2) is 19.0 Å². The van der Waals surface area contributed by atoms with E-state index in [0.717, 1.165) is 11.1 Å². The second kappa shape index (κ2) is 5.00. The fourth-order valence-electron chi connectivity index (χ4n) is 1.15. The van der Waals surface area contributed by atoms with Gasteiger partial charge in [0.15, 0.2) is 0 Å². The molecule has 0 aliphatic carbocycles. The van der Waals surface area contributed by atoms with Crippen molar-refractivity contribution in [1.29, 1.82) is 0 Å². The van der Waals surface area contributed by atoms with Crippen LogP contribution < -0.4 is 9.47 Å². The molecule has 1 heterocycles. The first-order valence-electron chi connectivity index (χ1n) is 4.04. The van der Waals surface area contributed by atoms with Crippen LogP contribution in [-0.2, 0) is 0 Å². The number of hydrogen-bond acceptors (Lipinski definition) is 3. The molecule has 14 heavy (non-hydrogen) atoms. The Bertz CT molecular complexity index is 317. The minimum Gasteiger partial charge on any atom is -0.494 e. The molecule has 0 atom stereocenters. The lowest BCUT2D eigenvalue weighted by molar-refractivity contribution is 0.388. The summed E-state index contributed by atoms with van der Waals surface area (Å²) in [4.78, 5) is 4.00. The van der Waals surface area contributed by atoms with Gasteiger partial charge in [-0.05, 0) is 5.57 Å². The molecule has 4 heteroatoms. The second-order valence-electron chi connectivity index (χ2n) is 2.66. The smallest absolute Gasteiger partial charge is 0.148 e. The molecule has 3 nitrogen and oxygen atoms in total. The van der Waals surface area contributed by atoms with E-state index >= 15 is 0 Å². The number of hydrogen-bond donors (Lipinski definition) is 0. The third-order valence-corrected chi connectivity index (χ3v) is 2.51. The van der Waals surface area contributed by atoms with E-state index < -0.39 is 0 Å². The van der Waals surface area contributed by atoms with Crippen molar-refractivity contribution in [3.05, 3.63) is 24.5 Å². The van der Waals surface area contributed by atoms with Gasteiger partial charge in [0.2, 0.25) is 0 Å². The number of nitrogens with zero attached hydrogens (tertiary/aromatic N) is 1. The van der Waals surface area contributed by atoms with Gasteiger partial charge >= 0.3 is 0 Å². The Morgan fingerprint density at radius 2 is 1.86 bits per heavy atom. The zero-order chi connectivity index (χ0) is 10.6. The van der Waals surface area contributed by atoms with Crippen LogP contribution in [0.3, 0.4) is 0 Å². The highest BCUT2D eigenvalue weighted by molar-refractivity contribution is 9.09. The van der Waals surface area contributed by atoms with Gasteiger partial charge in [0.05, 0.1) is 32.2 Å². The number of ether oxygens (including phenoxy) is 2. The van der Waals surface area contributed by atoms with Gasteiger partial charge in [0, 0.05) is 5.33 Å². The third-order valence-electron chi connectivity index (χ3n) is 1.83. The lowest BCUT2D eigenvalue weighted by atomic mass is 10.1. The number of aromatic nitrogens is 1. The van der Waals surface area contributed by atoms with E-state index in [4.69, 9.17) is 9.47 Å². The number of methoxy groups -OCH3 is 2. The number of pyridine rings is 1. The molecule has 0 N–H and O–H groups in total. The molecule has 0 spiro atoms. The van der Waals surface area contributed by atoms with Crippen LogP contribution in [0.5, 0.6) is 11.5 Å². The Kier molecular flexibility index (Phi) is 3.95. The SMILES string of the molecule is C=C(CBr)c1c(OC)cncc1OC. The molecule has 0 amide bonds. The first kappa shape index (κ1) is 11.0. The van der Waals surface area contributed by atoms with E-state index in [1.165, 1.54) is 0 Å². The maximum absolute atomic E-state index is 5.19. The van der Waals surface area contributed by atoms with Crippen LogP contribution in [0.1, 0.15) is 5.56 Å². The molecule has 1 aromatic heterocycles. The van der Waals surface area contributed by atoms with Crippen molar-refractivity contribution in [1.82, 2.24) is 4.98 Å². The Hall–Kier alpha value is -1.03. The van der Waals surface area contributed by atoms with Crippen LogP contribution >= 0.6 is 15.9 Å². The highest BCUT2D eigenvalue weighted by atomic mass is 79.9. The van der Waals surface area contributed by atoms with Crippen molar-refractivity contribution in [2.45, 2.75) is 0 Å². The molecule has 0 saturated heterocycles. The van der Waals surface area contributed by atoms with E-state index in [1.807, 2.05) is 0 Å². The molecule has 0 fully saturated rings. The minimum atomic E-state index is 0.670. The molecule has 0 aromatic carbocycles. The average molecular weight is 258 g/mol. The molecular weight excluding hydrogens is 246 g/mol. The lowest BCUT2D eigenvalue weighted by Crippen LogP contribution is -1.97. The zero-order valence-electron chi connectivity index (χ0n) is 8.21. The van der Waals surface area contributed by atoms with E-state index in [1.54, 1.807) is 26.6 Å².